The topological polar surface area (TPSA) is 50.3 Å². The van der Waals surface area contributed by atoms with Gasteiger partial charge in [-0.15, -0.1) is 0 Å². The SMILES string of the molecule is O=S(=O)(c1ccc(Cl)c(Cl)c1)N(Cc1ccncc1)C1CC1. The van der Waals surface area contributed by atoms with Crippen molar-refractivity contribution < 1.29 is 8.42 Å². The molecule has 0 amide bonds. The highest BCUT2D eigenvalue weighted by Gasteiger charge is 2.38. The Labute approximate surface area is 139 Å². The number of rotatable bonds is 5. The molecule has 116 valence electrons. The number of hydrogen-bond donors (Lipinski definition) is 0. The van der Waals surface area contributed by atoms with Crippen molar-refractivity contribution >= 4 is 33.2 Å². The first kappa shape index (κ1) is 15.7. The Morgan fingerprint density at radius 1 is 1.09 bits per heavy atom. The van der Waals surface area contributed by atoms with Gasteiger partial charge in [0.1, 0.15) is 0 Å². The third-order valence-electron chi connectivity index (χ3n) is 3.54. The van der Waals surface area contributed by atoms with Crippen molar-refractivity contribution in [1.29, 1.82) is 0 Å². The molecule has 7 heteroatoms. The smallest absolute Gasteiger partial charge is 0.243 e. The number of benzene rings is 1. The second-order valence-electron chi connectivity index (χ2n) is 5.21. The van der Waals surface area contributed by atoms with Crippen LogP contribution in [0, 0.1) is 0 Å². The fraction of sp³-hybridized carbons (Fsp3) is 0.267. The van der Waals surface area contributed by atoms with Gasteiger partial charge in [0.05, 0.1) is 14.9 Å². The Hall–Kier alpha value is -1.14. The van der Waals surface area contributed by atoms with E-state index in [1.54, 1.807) is 12.4 Å². The van der Waals surface area contributed by atoms with Crippen LogP contribution < -0.4 is 0 Å². The monoisotopic (exact) mass is 356 g/mol. The summed E-state index contributed by atoms with van der Waals surface area (Å²) in [6.07, 6.45) is 5.08. The van der Waals surface area contributed by atoms with Crippen molar-refractivity contribution in [2.75, 3.05) is 0 Å². The van der Waals surface area contributed by atoms with Gasteiger partial charge in [0.2, 0.25) is 10.0 Å². The molecule has 1 aromatic carbocycles. The van der Waals surface area contributed by atoms with E-state index in [2.05, 4.69) is 4.98 Å². The zero-order valence-corrected chi connectivity index (χ0v) is 13.9. The minimum Gasteiger partial charge on any atom is -0.265 e. The van der Waals surface area contributed by atoms with Crippen molar-refractivity contribution in [2.24, 2.45) is 0 Å². The molecule has 0 atom stereocenters. The molecule has 0 aliphatic heterocycles. The van der Waals surface area contributed by atoms with Gasteiger partial charge >= 0.3 is 0 Å². The Balaban J connectivity index is 1.94. The van der Waals surface area contributed by atoms with Gasteiger partial charge in [0, 0.05) is 25.0 Å². The van der Waals surface area contributed by atoms with Crippen LogP contribution in [0.5, 0.6) is 0 Å². The summed E-state index contributed by atoms with van der Waals surface area (Å²) in [5.41, 5.74) is 0.908. The molecule has 1 aliphatic carbocycles. The number of aromatic nitrogens is 1. The van der Waals surface area contributed by atoms with Gasteiger partial charge in [0.25, 0.3) is 0 Å². The fourth-order valence-electron chi connectivity index (χ4n) is 2.21. The number of hydrogen-bond acceptors (Lipinski definition) is 3. The first-order chi connectivity index (χ1) is 10.5. The molecule has 1 fully saturated rings. The van der Waals surface area contributed by atoms with Crippen molar-refractivity contribution in [3.63, 3.8) is 0 Å². The molecular formula is C15H14Cl2N2O2S. The molecule has 22 heavy (non-hydrogen) atoms. The third kappa shape index (κ3) is 3.27. The number of halogens is 2. The van der Waals surface area contributed by atoms with E-state index in [-0.39, 0.29) is 16.0 Å². The van der Waals surface area contributed by atoms with Crippen LogP contribution >= 0.6 is 23.2 Å². The Morgan fingerprint density at radius 2 is 1.77 bits per heavy atom. The van der Waals surface area contributed by atoms with Crippen molar-refractivity contribution in [3.05, 3.63) is 58.3 Å². The highest BCUT2D eigenvalue weighted by molar-refractivity contribution is 7.89. The average molecular weight is 357 g/mol. The van der Waals surface area contributed by atoms with Crippen LogP contribution in [-0.4, -0.2) is 23.7 Å². The molecule has 1 saturated carbocycles. The molecule has 1 aromatic heterocycles. The average Bonchev–Trinajstić information content (AvgIpc) is 3.33. The van der Waals surface area contributed by atoms with E-state index in [1.807, 2.05) is 12.1 Å². The zero-order valence-electron chi connectivity index (χ0n) is 11.6. The van der Waals surface area contributed by atoms with E-state index in [1.165, 1.54) is 22.5 Å². The van der Waals surface area contributed by atoms with E-state index in [9.17, 15) is 8.42 Å². The first-order valence-corrected chi connectivity index (χ1v) is 9.04. The number of nitrogens with zero attached hydrogens (tertiary/aromatic N) is 2. The number of pyridine rings is 1. The summed E-state index contributed by atoms with van der Waals surface area (Å²) in [5, 5.41) is 0.579. The van der Waals surface area contributed by atoms with Crippen LogP contribution in [0.3, 0.4) is 0 Å². The van der Waals surface area contributed by atoms with Gasteiger partial charge in [-0.25, -0.2) is 8.42 Å². The van der Waals surface area contributed by atoms with E-state index in [4.69, 9.17) is 23.2 Å². The molecule has 3 rings (SSSR count). The molecule has 0 saturated heterocycles. The molecule has 0 bridgehead atoms. The normalized spacial score (nSPS) is 15.2. The van der Waals surface area contributed by atoms with Crippen LogP contribution in [0.1, 0.15) is 18.4 Å². The molecule has 0 radical (unpaired) electrons. The maximum Gasteiger partial charge on any atom is 0.243 e. The maximum atomic E-state index is 12.9. The lowest BCUT2D eigenvalue weighted by molar-refractivity contribution is 0.398. The second kappa shape index (κ2) is 6.16. The summed E-state index contributed by atoms with van der Waals surface area (Å²) in [7, 11) is -3.61. The van der Waals surface area contributed by atoms with Crippen LogP contribution in [0.15, 0.2) is 47.6 Å². The molecule has 0 spiro atoms. The van der Waals surface area contributed by atoms with Crippen molar-refractivity contribution in [3.8, 4) is 0 Å². The van der Waals surface area contributed by atoms with Crippen LogP contribution in [0.25, 0.3) is 0 Å². The maximum absolute atomic E-state index is 12.9. The Bertz CT molecular complexity index is 777. The van der Waals surface area contributed by atoms with Crippen molar-refractivity contribution in [1.82, 2.24) is 9.29 Å². The van der Waals surface area contributed by atoms with Gasteiger partial charge in [-0.1, -0.05) is 23.2 Å². The van der Waals surface area contributed by atoms with Gasteiger partial charge in [-0.2, -0.15) is 4.31 Å². The second-order valence-corrected chi connectivity index (χ2v) is 7.92. The molecule has 1 aliphatic rings. The molecule has 2 aromatic rings. The third-order valence-corrected chi connectivity index (χ3v) is 6.17. The van der Waals surface area contributed by atoms with Crippen molar-refractivity contribution in [2.45, 2.75) is 30.3 Å². The highest BCUT2D eigenvalue weighted by Crippen LogP contribution is 2.35. The first-order valence-electron chi connectivity index (χ1n) is 6.84. The largest absolute Gasteiger partial charge is 0.265 e. The van der Waals surface area contributed by atoms with Gasteiger partial charge in [-0.3, -0.25) is 4.98 Å². The van der Waals surface area contributed by atoms with Crippen LogP contribution in [0.2, 0.25) is 10.0 Å². The zero-order chi connectivity index (χ0) is 15.7. The molecule has 0 unspecified atom stereocenters. The summed E-state index contributed by atoms with van der Waals surface area (Å²) in [5.74, 6) is 0. The summed E-state index contributed by atoms with van der Waals surface area (Å²) in [6.45, 7) is 0.329. The van der Waals surface area contributed by atoms with Gasteiger partial charge in [-0.05, 0) is 48.7 Å². The fourth-order valence-corrected chi connectivity index (χ4v) is 4.28. The molecule has 0 N–H and O–H groups in total. The highest BCUT2D eigenvalue weighted by atomic mass is 35.5. The lowest BCUT2D eigenvalue weighted by atomic mass is 10.3. The predicted octanol–water partition coefficient (Wildman–Crippen LogP) is 3.74. The van der Waals surface area contributed by atoms with E-state index >= 15 is 0 Å². The Morgan fingerprint density at radius 3 is 2.36 bits per heavy atom. The predicted molar refractivity (Wildman–Crippen MR) is 86.4 cm³/mol. The lowest BCUT2D eigenvalue weighted by Gasteiger charge is -2.22. The minimum absolute atomic E-state index is 0.0487. The van der Waals surface area contributed by atoms with E-state index in [0.29, 0.717) is 11.6 Å². The summed E-state index contributed by atoms with van der Waals surface area (Å²) in [6, 6.07) is 8.09. The summed E-state index contributed by atoms with van der Waals surface area (Å²) in [4.78, 5) is 4.12. The standard InChI is InChI=1S/C15H14Cl2N2O2S/c16-14-4-3-13(9-15(14)17)22(20,21)19(12-1-2-12)10-11-5-7-18-8-6-11/h3-9,12H,1-2,10H2. The van der Waals surface area contributed by atoms with Gasteiger partial charge in [0.15, 0.2) is 0 Å². The quantitative estimate of drug-likeness (QED) is 0.819. The Kier molecular flexibility index (Phi) is 4.41. The summed E-state index contributed by atoms with van der Waals surface area (Å²) >= 11 is 11.8. The van der Waals surface area contributed by atoms with E-state index in [0.717, 1.165) is 18.4 Å². The minimum atomic E-state index is -3.61. The molecule has 4 nitrogen and oxygen atoms in total. The van der Waals surface area contributed by atoms with Crippen LogP contribution in [-0.2, 0) is 16.6 Å². The van der Waals surface area contributed by atoms with E-state index < -0.39 is 10.0 Å². The molecular weight excluding hydrogens is 343 g/mol. The van der Waals surface area contributed by atoms with Gasteiger partial charge < -0.3 is 0 Å². The lowest BCUT2D eigenvalue weighted by Crippen LogP contribution is -2.32. The van der Waals surface area contributed by atoms with Crippen LogP contribution in [0.4, 0.5) is 0 Å². The molecule has 1 heterocycles. The summed E-state index contributed by atoms with van der Waals surface area (Å²) < 4.78 is 27.3. The number of sulfonamides is 1.